The average Bonchev–Trinajstić information content (AvgIpc) is 2.60. The van der Waals surface area contributed by atoms with E-state index < -0.39 is 11.7 Å². The number of thioether (sulfide) groups is 1. The van der Waals surface area contributed by atoms with E-state index in [-0.39, 0.29) is 28.8 Å². The number of hydrogen-bond donors (Lipinski definition) is 1. The lowest BCUT2D eigenvalue weighted by molar-refractivity contribution is -0.122. The molecule has 2 rings (SSSR count). The smallest absolute Gasteiger partial charge is 0.293 e. The number of benzene rings is 1. The average molecular weight is 266 g/mol. The van der Waals surface area contributed by atoms with Gasteiger partial charge in [0.05, 0.1) is 4.91 Å². The van der Waals surface area contributed by atoms with Gasteiger partial charge in [-0.15, -0.1) is 0 Å². The SMILES string of the molecule is NCCN1C(=O)SC(=Cc2ccccc2F)C1=O. The summed E-state index contributed by atoms with van der Waals surface area (Å²) in [4.78, 5) is 24.7. The molecule has 1 aromatic carbocycles. The number of carbonyl (C=O) groups excluding carboxylic acids is 2. The quantitative estimate of drug-likeness (QED) is 0.848. The molecule has 0 aliphatic carbocycles. The van der Waals surface area contributed by atoms with Crippen LogP contribution in [0.25, 0.3) is 6.08 Å². The van der Waals surface area contributed by atoms with Crippen molar-refractivity contribution in [2.45, 2.75) is 0 Å². The number of amides is 2. The first-order chi connectivity index (χ1) is 8.63. The Labute approximate surface area is 108 Å². The summed E-state index contributed by atoms with van der Waals surface area (Å²) >= 11 is 0.802. The Kier molecular flexibility index (Phi) is 3.78. The van der Waals surface area contributed by atoms with E-state index in [0.717, 1.165) is 16.7 Å². The zero-order chi connectivity index (χ0) is 13.1. The van der Waals surface area contributed by atoms with Crippen molar-refractivity contribution in [3.8, 4) is 0 Å². The number of hydrogen-bond acceptors (Lipinski definition) is 4. The molecular weight excluding hydrogens is 255 g/mol. The summed E-state index contributed by atoms with van der Waals surface area (Å²) in [6.45, 7) is 0.393. The van der Waals surface area contributed by atoms with Crippen molar-refractivity contribution in [3.05, 3.63) is 40.6 Å². The number of halogens is 1. The van der Waals surface area contributed by atoms with Crippen molar-refractivity contribution in [1.82, 2.24) is 4.90 Å². The van der Waals surface area contributed by atoms with E-state index >= 15 is 0 Å². The van der Waals surface area contributed by atoms with Crippen LogP contribution in [0.5, 0.6) is 0 Å². The Morgan fingerprint density at radius 1 is 1.33 bits per heavy atom. The summed E-state index contributed by atoms with van der Waals surface area (Å²) in [6, 6.07) is 6.08. The fourth-order valence-electron chi connectivity index (χ4n) is 1.56. The van der Waals surface area contributed by atoms with Gasteiger partial charge in [0, 0.05) is 18.7 Å². The molecule has 1 aliphatic heterocycles. The molecule has 18 heavy (non-hydrogen) atoms. The van der Waals surface area contributed by atoms with Crippen molar-refractivity contribution < 1.29 is 14.0 Å². The molecule has 0 spiro atoms. The summed E-state index contributed by atoms with van der Waals surface area (Å²) in [5.41, 5.74) is 5.61. The van der Waals surface area contributed by atoms with Gasteiger partial charge in [0.25, 0.3) is 11.1 Å². The van der Waals surface area contributed by atoms with Crippen LogP contribution in [0.1, 0.15) is 5.56 Å². The Morgan fingerprint density at radius 2 is 2.06 bits per heavy atom. The molecule has 2 N–H and O–H groups in total. The van der Waals surface area contributed by atoms with E-state index in [9.17, 15) is 14.0 Å². The molecule has 0 saturated carbocycles. The topological polar surface area (TPSA) is 63.4 Å². The van der Waals surface area contributed by atoms with Crippen LogP contribution in [0.3, 0.4) is 0 Å². The molecule has 1 aromatic rings. The molecular formula is C12H11FN2O2S. The summed E-state index contributed by atoms with van der Waals surface area (Å²) in [5, 5.41) is -0.368. The highest BCUT2D eigenvalue weighted by Gasteiger charge is 2.34. The first-order valence-corrected chi connectivity index (χ1v) is 6.15. The van der Waals surface area contributed by atoms with E-state index in [0.29, 0.717) is 0 Å². The van der Waals surface area contributed by atoms with Crippen LogP contribution >= 0.6 is 11.8 Å². The Bertz CT molecular complexity index is 531. The number of imide groups is 1. The molecule has 4 nitrogen and oxygen atoms in total. The van der Waals surface area contributed by atoms with Gasteiger partial charge in [-0.05, 0) is 23.9 Å². The van der Waals surface area contributed by atoms with Crippen molar-refractivity contribution >= 4 is 29.0 Å². The molecule has 0 unspecified atom stereocenters. The number of carbonyl (C=O) groups is 2. The predicted octanol–water partition coefficient (Wildman–Crippen LogP) is 1.82. The summed E-state index contributed by atoms with van der Waals surface area (Å²) in [6.07, 6.45) is 1.39. The van der Waals surface area contributed by atoms with Crippen molar-refractivity contribution in [2.24, 2.45) is 5.73 Å². The molecule has 0 radical (unpaired) electrons. The van der Waals surface area contributed by atoms with E-state index in [1.165, 1.54) is 12.1 Å². The normalized spacial score (nSPS) is 17.9. The maximum Gasteiger partial charge on any atom is 0.293 e. The third-order valence-corrected chi connectivity index (χ3v) is 3.33. The standard InChI is InChI=1S/C12H11FN2O2S/c13-9-4-2-1-3-8(9)7-10-11(16)15(6-5-14)12(17)18-10/h1-4,7H,5-6,14H2. The van der Waals surface area contributed by atoms with Crippen LogP contribution in [-0.2, 0) is 4.79 Å². The fourth-order valence-corrected chi connectivity index (χ4v) is 2.41. The van der Waals surface area contributed by atoms with Gasteiger partial charge in [-0.3, -0.25) is 14.5 Å². The number of nitrogens with zero attached hydrogens (tertiary/aromatic N) is 1. The second kappa shape index (κ2) is 5.32. The Hall–Kier alpha value is -1.66. The van der Waals surface area contributed by atoms with Gasteiger partial charge in [-0.25, -0.2) is 4.39 Å². The summed E-state index contributed by atoms with van der Waals surface area (Å²) in [7, 11) is 0. The molecule has 1 saturated heterocycles. The fraction of sp³-hybridized carbons (Fsp3) is 0.167. The van der Waals surface area contributed by atoms with Crippen molar-refractivity contribution in [1.29, 1.82) is 0 Å². The monoisotopic (exact) mass is 266 g/mol. The minimum absolute atomic E-state index is 0.180. The lowest BCUT2D eigenvalue weighted by atomic mass is 10.2. The first kappa shape index (κ1) is 12.8. The molecule has 1 heterocycles. The van der Waals surface area contributed by atoms with E-state index in [1.807, 2.05) is 0 Å². The van der Waals surface area contributed by atoms with Gasteiger partial charge in [0.2, 0.25) is 0 Å². The molecule has 6 heteroatoms. The lowest BCUT2D eigenvalue weighted by Gasteiger charge is -2.09. The van der Waals surface area contributed by atoms with Crippen LogP contribution in [0.15, 0.2) is 29.2 Å². The molecule has 1 aliphatic rings. The highest BCUT2D eigenvalue weighted by Crippen LogP contribution is 2.32. The third kappa shape index (κ3) is 2.44. The second-order valence-corrected chi connectivity index (χ2v) is 4.64. The van der Waals surface area contributed by atoms with Crippen LogP contribution in [0.4, 0.5) is 9.18 Å². The van der Waals surface area contributed by atoms with E-state index in [1.54, 1.807) is 18.2 Å². The minimum atomic E-state index is -0.428. The summed E-state index contributed by atoms with van der Waals surface area (Å²) < 4.78 is 13.4. The summed E-state index contributed by atoms with van der Waals surface area (Å²) in [5.74, 6) is -0.846. The van der Waals surface area contributed by atoms with Gasteiger partial charge in [0.1, 0.15) is 5.82 Å². The number of rotatable bonds is 3. The lowest BCUT2D eigenvalue weighted by Crippen LogP contribution is -2.33. The first-order valence-electron chi connectivity index (χ1n) is 5.33. The van der Waals surface area contributed by atoms with Gasteiger partial charge in [0.15, 0.2) is 0 Å². The van der Waals surface area contributed by atoms with Crippen molar-refractivity contribution in [2.75, 3.05) is 13.1 Å². The number of nitrogens with two attached hydrogens (primary N) is 1. The second-order valence-electron chi connectivity index (χ2n) is 3.64. The Balaban J connectivity index is 2.28. The highest BCUT2D eigenvalue weighted by molar-refractivity contribution is 8.18. The molecule has 1 fully saturated rings. The van der Waals surface area contributed by atoms with Crippen LogP contribution in [0, 0.1) is 5.82 Å². The highest BCUT2D eigenvalue weighted by atomic mass is 32.2. The molecule has 0 aromatic heterocycles. The van der Waals surface area contributed by atoms with Gasteiger partial charge in [-0.2, -0.15) is 0 Å². The van der Waals surface area contributed by atoms with E-state index in [2.05, 4.69) is 0 Å². The van der Waals surface area contributed by atoms with Crippen LogP contribution in [-0.4, -0.2) is 29.1 Å². The molecule has 2 amide bonds. The molecule has 0 atom stereocenters. The zero-order valence-electron chi connectivity index (χ0n) is 9.43. The minimum Gasteiger partial charge on any atom is -0.329 e. The maximum atomic E-state index is 13.4. The largest absolute Gasteiger partial charge is 0.329 e. The van der Waals surface area contributed by atoms with Crippen LogP contribution in [0.2, 0.25) is 0 Å². The van der Waals surface area contributed by atoms with Gasteiger partial charge < -0.3 is 5.73 Å². The van der Waals surface area contributed by atoms with Crippen LogP contribution < -0.4 is 5.73 Å². The molecule has 94 valence electrons. The van der Waals surface area contributed by atoms with E-state index in [4.69, 9.17) is 5.73 Å². The van der Waals surface area contributed by atoms with Gasteiger partial charge >= 0.3 is 0 Å². The Morgan fingerprint density at radius 3 is 2.72 bits per heavy atom. The van der Waals surface area contributed by atoms with Gasteiger partial charge in [-0.1, -0.05) is 18.2 Å². The zero-order valence-corrected chi connectivity index (χ0v) is 10.2. The maximum absolute atomic E-state index is 13.4. The predicted molar refractivity (Wildman–Crippen MR) is 68.1 cm³/mol. The molecule has 0 bridgehead atoms. The van der Waals surface area contributed by atoms with Crippen molar-refractivity contribution in [3.63, 3.8) is 0 Å². The third-order valence-electron chi connectivity index (χ3n) is 2.42.